The summed E-state index contributed by atoms with van der Waals surface area (Å²) in [6, 6.07) is 1.95. The number of rotatable bonds is 1. The minimum Gasteiger partial charge on any atom is -0.473 e. The van der Waals surface area contributed by atoms with Crippen LogP contribution in [0.1, 0.15) is 33.4 Å². The van der Waals surface area contributed by atoms with Crippen molar-refractivity contribution < 1.29 is 19.8 Å². The van der Waals surface area contributed by atoms with Gasteiger partial charge in [0, 0.05) is 18.0 Å². The molecule has 0 aromatic carbocycles. The highest BCUT2D eigenvalue weighted by atomic mass is 16.4. The summed E-state index contributed by atoms with van der Waals surface area (Å²) in [5, 5.41) is 19.2. The second-order valence-corrected chi connectivity index (χ2v) is 4.63. The highest BCUT2D eigenvalue weighted by Crippen LogP contribution is 2.22. The van der Waals surface area contributed by atoms with Gasteiger partial charge in [-0.3, -0.25) is 4.68 Å². The van der Waals surface area contributed by atoms with Gasteiger partial charge in [0.1, 0.15) is 5.82 Å². The van der Waals surface area contributed by atoms with E-state index in [9.17, 15) is 0 Å². The Kier molecular flexibility index (Phi) is 5.35. The van der Waals surface area contributed by atoms with Gasteiger partial charge in [-0.15, -0.1) is 0 Å². The van der Waals surface area contributed by atoms with E-state index < -0.39 is 11.9 Å². The zero-order valence-electron chi connectivity index (χ0n) is 11.0. The maximum Gasteiger partial charge on any atom is 0.414 e. The van der Waals surface area contributed by atoms with Crippen molar-refractivity contribution in [3.63, 3.8) is 0 Å². The van der Waals surface area contributed by atoms with E-state index in [1.807, 2.05) is 17.7 Å². The van der Waals surface area contributed by atoms with Crippen molar-refractivity contribution in [3.8, 4) is 0 Å². The summed E-state index contributed by atoms with van der Waals surface area (Å²) >= 11 is 0. The van der Waals surface area contributed by atoms with Crippen LogP contribution in [0.4, 0.5) is 5.82 Å². The van der Waals surface area contributed by atoms with Crippen LogP contribution in [-0.2, 0) is 21.5 Å². The number of anilines is 1. The van der Waals surface area contributed by atoms with Crippen molar-refractivity contribution in [3.05, 3.63) is 11.8 Å². The fraction of sp³-hybridized carbons (Fsp3) is 0.545. The van der Waals surface area contributed by atoms with Crippen molar-refractivity contribution in [1.82, 2.24) is 9.78 Å². The van der Waals surface area contributed by atoms with Crippen LogP contribution < -0.4 is 5.73 Å². The van der Waals surface area contributed by atoms with Crippen LogP contribution in [0.3, 0.4) is 0 Å². The van der Waals surface area contributed by atoms with Crippen LogP contribution in [-0.4, -0.2) is 31.9 Å². The molecule has 4 N–H and O–H groups in total. The van der Waals surface area contributed by atoms with E-state index >= 15 is 0 Å². The summed E-state index contributed by atoms with van der Waals surface area (Å²) in [6.45, 7) is 9.27. The number of nitrogen functional groups attached to an aromatic ring is 1. The third-order valence-electron chi connectivity index (χ3n) is 2.06. The van der Waals surface area contributed by atoms with Crippen LogP contribution in [0.25, 0.3) is 0 Å². The third kappa shape index (κ3) is 4.86. The van der Waals surface area contributed by atoms with Crippen LogP contribution in [0, 0.1) is 0 Å². The Morgan fingerprint density at radius 1 is 1.33 bits per heavy atom. The Morgan fingerprint density at radius 3 is 1.94 bits per heavy atom. The number of hydrogen-bond acceptors (Lipinski definition) is 4. The summed E-state index contributed by atoms with van der Waals surface area (Å²) in [5.41, 5.74) is 6.90. The molecule has 0 fully saturated rings. The summed E-state index contributed by atoms with van der Waals surface area (Å²) < 4.78 is 1.82. The molecular formula is C11H19N3O4. The Hall–Kier alpha value is -2.05. The predicted molar refractivity (Wildman–Crippen MR) is 66.3 cm³/mol. The van der Waals surface area contributed by atoms with Crippen molar-refractivity contribution in [2.75, 3.05) is 5.73 Å². The van der Waals surface area contributed by atoms with Gasteiger partial charge in [0.05, 0.1) is 5.69 Å². The van der Waals surface area contributed by atoms with E-state index in [0.29, 0.717) is 0 Å². The van der Waals surface area contributed by atoms with Gasteiger partial charge in [-0.05, 0) is 6.92 Å². The molecule has 0 atom stereocenters. The molecule has 0 saturated heterocycles. The number of nitrogens with zero attached hydrogens (tertiary/aromatic N) is 2. The molecule has 0 saturated carbocycles. The molecule has 1 heterocycles. The van der Waals surface area contributed by atoms with Gasteiger partial charge in [-0.2, -0.15) is 5.10 Å². The fourth-order valence-electron chi connectivity index (χ4n) is 1.05. The van der Waals surface area contributed by atoms with Gasteiger partial charge < -0.3 is 15.9 Å². The highest BCUT2D eigenvalue weighted by Gasteiger charge is 2.18. The van der Waals surface area contributed by atoms with Crippen molar-refractivity contribution in [2.45, 2.75) is 39.7 Å². The first-order valence-corrected chi connectivity index (χ1v) is 5.39. The number of carbonyl (C=O) groups is 2. The fourth-order valence-corrected chi connectivity index (χ4v) is 1.05. The van der Waals surface area contributed by atoms with Gasteiger partial charge in [0.15, 0.2) is 0 Å². The first kappa shape index (κ1) is 16.0. The zero-order valence-corrected chi connectivity index (χ0v) is 11.0. The van der Waals surface area contributed by atoms with E-state index in [1.54, 1.807) is 0 Å². The van der Waals surface area contributed by atoms with E-state index in [2.05, 4.69) is 25.9 Å². The zero-order chi connectivity index (χ0) is 14.5. The third-order valence-corrected chi connectivity index (χ3v) is 2.06. The second kappa shape index (κ2) is 6.04. The predicted octanol–water partition coefficient (Wildman–Crippen LogP) is 0.938. The van der Waals surface area contributed by atoms with Crippen LogP contribution in [0.2, 0.25) is 0 Å². The van der Waals surface area contributed by atoms with Gasteiger partial charge >= 0.3 is 11.9 Å². The molecule has 7 nitrogen and oxygen atoms in total. The normalized spacial score (nSPS) is 10.4. The minimum atomic E-state index is -1.82. The molecule has 1 aromatic heterocycles. The number of hydrogen-bond donors (Lipinski definition) is 3. The Labute approximate surface area is 105 Å². The molecular weight excluding hydrogens is 238 g/mol. The first-order chi connectivity index (χ1) is 8.09. The maximum absolute atomic E-state index is 9.10. The number of aryl methyl sites for hydroxylation is 1. The molecule has 18 heavy (non-hydrogen) atoms. The number of nitrogens with two attached hydrogens (primary N) is 1. The van der Waals surface area contributed by atoms with Crippen LogP contribution in [0.15, 0.2) is 6.07 Å². The first-order valence-electron chi connectivity index (χ1n) is 5.39. The van der Waals surface area contributed by atoms with E-state index in [-0.39, 0.29) is 5.41 Å². The lowest BCUT2D eigenvalue weighted by Crippen LogP contribution is -2.12. The van der Waals surface area contributed by atoms with E-state index in [4.69, 9.17) is 25.5 Å². The molecule has 0 aliphatic rings. The summed E-state index contributed by atoms with van der Waals surface area (Å²) in [6.07, 6.45) is 0. The average Bonchev–Trinajstić information content (AvgIpc) is 2.60. The van der Waals surface area contributed by atoms with E-state index in [1.165, 1.54) is 0 Å². The summed E-state index contributed by atoms with van der Waals surface area (Å²) in [7, 11) is 0. The topological polar surface area (TPSA) is 118 Å². The number of aliphatic carboxylic acids is 2. The molecule has 1 rings (SSSR count). The molecule has 1 aromatic rings. The second-order valence-electron chi connectivity index (χ2n) is 4.63. The van der Waals surface area contributed by atoms with Crippen molar-refractivity contribution in [2.24, 2.45) is 0 Å². The molecule has 0 bridgehead atoms. The number of carboxylic acid groups (broad SMARTS) is 2. The van der Waals surface area contributed by atoms with Crippen LogP contribution >= 0.6 is 0 Å². The summed E-state index contributed by atoms with van der Waals surface area (Å²) in [4.78, 5) is 18.2. The molecule has 0 radical (unpaired) electrons. The summed E-state index contributed by atoms with van der Waals surface area (Å²) in [5.74, 6) is -2.90. The largest absolute Gasteiger partial charge is 0.473 e. The van der Waals surface area contributed by atoms with Crippen molar-refractivity contribution in [1.29, 1.82) is 0 Å². The molecule has 0 aliphatic carbocycles. The monoisotopic (exact) mass is 257 g/mol. The smallest absolute Gasteiger partial charge is 0.414 e. The van der Waals surface area contributed by atoms with Crippen LogP contribution in [0.5, 0.6) is 0 Å². The Balaban J connectivity index is 0.000000411. The van der Waals surface area contributed by atoms with Gasteiger partial charge in [-0.25, -0.2) is 9.59 Å². The quantitative estimate of drug-likeness (QED) is 0.644. The lowest BCUT2D eigenvalue weighted by molar-refractivity contribution is -0.159. The SMILES string of the molecule is CCn1nc(C(C)(C)C)cc1N.O=C(O)C(=O)O. The lowest BCUT2D eigenvalue weighted by Gasteiger charge is -2.13. The van der Waals surface area contributed by atoms with Crippen molar-refractivity contribution >= 4 is 17.8 Å². The highest BCUT2D eigenvalue weighted by molar-refractivity contribution is 6.27. The molecule has 0 unspecified atom stereocenters. The molecule has 0 aliphatic heterocycles. The minimum absolute atomic E-state index is 0.0918. The average molecular weight is 257 g/mol. The van der Waals surface area contributed by atoms with Gasteiger partial charge in [0.2, 0.25) is 0 Å². The molecule has 7 heteroatoms. The number of aromatic nitrogens is 2. The Bertz CT molecular complexity index is 420. The maximum atomic E-state index is 9.10. The number of carboxylic acids is 2. The molecule has 0 amide bonds. The molecule has 102 valence electrons. The van der Waals surface area contributed by atoms with Gasteiger partial charge in [0.25, 0.3) is 0 Å². The molecule has 0 spiro atoms. The van der Waals surface area contributed by atoms with Gasteiger partial charge in [-0.1, -0.05) is 20.8 Å². The lowest BCUT2D eigenvalue weighted by atomic mass is 9.92. The van der Waals surface area contributed by atoms with E-state index in [0.717, 1.165) is 18.1 Å². The standard InChI is InChI=1S/C9H17N3.C2H2O4/c1-5-12-8(10)6-7(11-12)9(2,3)4;3-1(4)2(5)6/h6H,5,10H2,1-4H3;(H,3,4)(H,5,6). The Morgan fingerprint density at radius 2 is 1.78 bits per heavy atom.